The Morgan fingerprint density at radius 1 is 1.06 bits per heavy atom. The number of rotatable bonds is 7. The van der Waals surface area contributed by atoms with Gasteiger partial charge in [-0.05, 0) is 67.5 Å². The van der Waals surface area contributed by atoms with Crippen molar-refractivity contribution < 1.29 is 4.79 Å². The van der Waals surface area contributed by atoms with Crippen molar-refractivity contribution in [3.8, 4) is 0 Å². The normalized spacial score (nSPS) is 13.5. The number of aromatic nitrogens is 5. The maximum absolute atomic E-state index is 13.0. The van der Waals surface area contributed by atoms with Crippen LogP contribution in [0.1, 0.15) is 45.5 Å². The van der Waals surface area contributed by atoms with Crippen molar-refractivity contribution in [3.05, 3.63) is 88.8 Å². The molecule has 3 heterocycles. The SMILES string of the molecule is O=C(Nc1nnc(C2CC2)s1)c1ccccc1Sc1ccc2c(/C=C/c3ccccn3)n[nH]c2c1. The third kappa shape index (κ3) is 4.87. The summed E-state index contributed by atoms with van der Waals surface area (Å²) in [7, 11) is 0. The number of amides is 1. The molecular weight excluding hydrogens is 476 g/mol. The van der Waals surface area contributed by atoms with Crippen LogP contribution in [-0.4, -0.2) is 31.3 Å². The number of anilines is 1. The lowest BCUT2D eigenvalue weighted by Crippen LogP contribution is -2.12. The number of carbonyl (C=O) groups excluding carboxylic acids is 1. The molecule has 0 spiro atoms. The maximum atomic E-state index is 13.0. The van der Waals surface area contributed by atoms with Crippen LogP contribution in [-0.2, 0) is 0 Å². The lowest BCUT2D eigenvalue weighted by Gasteiger charge is -2.08. The summed E-state index contributed by atoms with van der Waals surface area (Å²) in [6.07, 6.45) is 7.98. The number of carbonyl (C=O) groups is 1. The molecule has 1 aliphatic rings. The van der Waals surface area contributed by atoms with Gasteiger partial charge >= 0.3 is 0 Å². The van der Waals surface area contributed by atoms with Crippen molar-refractivity contribution in [2.24, 2.45) is 0 Å². The van der Waals surface area contributed by atoms with Crippen LogP contribution in [0.3, 0.4) is 0 Å². The second-order valence-corrected chi connectivity index (χ2v) is 10.3. The molecule has 2 aromatic carbocycles. The van der Waals surface area contributed by atoms with Gasteiger partial charge < -0.3 is 0 Å². The zero-order valence-corrected chi connectivity index (χ0v) is 20.1. The van der Waals surface area contributed by atoms with Gasteiger partial charge in [0.15, 0.2) is 0 Å². The van der Waals surface area contributed by atoms with Crippen molar-refractivity contribution in [2.45, 2.75) is 28.6 Å². The first kappa shape index (κ1) is 21.7. The van der Waals surface area contributed by atoms with Gasteiger partial charge in [-0.1, -0.05) is 41.3 Å². The predicted molar refractivity (Wildman–Crippen MR) is 140 cm³/mol. The number of benzene rings is 2. The number of pyridine rings is 1. The molecule has 2 N–H and O–H groups in total. The van der Waals surface area contributed by atoms with E-state index in [1.165, 1.54) is 23.1 Å². The maximum Gasteiger partial charge on any atom is 0.258 e. The molecule has 35 heavy (non-hydrogen) atoms. The Bertz CT molecular complexity index is 1540. The van der Waals surface area contributed by atoms with Crippen molar-refractivity contribution in [1.82, 2.24) is 25.4 Å². The van der Waals surface area contributed by atoms with Gasteiger partial charge in [0.2, 0.25) is 5.13 Å². The summed E-state index contributed by atoms with van der Waals surface area (Å²) < 4.78 is 0. The second kappa shape index (κ2) is 9.44. The summed E-state index contributed by atoms with van der Waals surface area (Å²) in [5.74, 6) is 0.334. The smallest absolute Gasteiger partial charge is 0.258 e. The Morgan fingerprint density at radius 2 is 1.94 bits per heavy atom. The molecule has 0 bridgehead atoms. The Balaban J connectivity index is 1.20. The van der Waals surface area contributed by atoms with Crippen molar-refractivity contribution in [1.29, 1.82) is 0 Å². The molecule has 0 saturated heterocycles. The van der Waals surface area contributed by atoms with Gasteiger partial charge in [0.25, 0.3) is 5.91 Å². The number of nitrogens with one attached hydrogen (secondary N) is 2. The highest BCUT2D eigenvalue weighted by molar-refractivity contribution is 7.99. The molecule has 172 valence electrons. The molecule has 5 aromatic rings. The fourth-order valence-corrected chi connectivity index (χ4v) is 5.56. The topological polar surface area (TPSA) is 96.5 Å². The van der Waals surface area contributed by atoms with Crippen molar-refractivity contribution >= 4 is 57.2 Å². The zero-order chi connectivity index (χ0) is 23.6. The Labute approximate surface area is 209 Å². The van der Waals surface area contributed by atoms with Gasteiger partial charge in [0.1, 0.15) is 5.01 Å². The van der Waals surface area contributed by atoms with E-state index in [1.54, 1.807) is 6.20 Å². The number of fused-ring (bicyclic) bond motifs is 1. The highest BCUT2D eigenvalue weighted by atomic mass is 32.2. The Hall–Kier alpha value is -3.82. The van der Waals surface area contributed by atoms with E-state index in [2.05, 4.69) is 30.7 Å². The lowest BCUT2D eigenvalue weighted by molar-refractivity contribution is 0.102. The lowest BCUT2D eigenvalue weighted by atomic mass is 10.2. The van der Waals surface area contributed by atoms with Gasteiger partial charge in [-0.25, -0.2) is 0 Å². The number of hydrogen-bond donors (Lipinski definition) is 2. The van der Waals surface area contributed by atoms with Crippen LogP contribution in [0.25, 0.3) is 23.1 Å². The highest BCUT2D eigenvalue weighted by Gasteiger charge is 2.28. The molecule has 0 unspecified atom stereocenters. The quantitative estimate of drug-likeness (QED) is 0.276. The molecule has 0 atom stereocenters. The molecule has 7 nitrogen and oxygen atoms in total. The molecule has 1 amide bonds. The summed E-state index contributed by atoms with van der Waals surface area (Å²) in [5.41, 5.74) is 3.26. The van der Waals surface area contributed by atoms with Gasteiger partial charge in [0, 0.05) is 27.3 Å². The molecule has 1 saturated carbocycles. The largest absolute Gasteiger partial charge is 0.296 e. The summed E-state index contributed by atoms with van der Waals surface area (Å²) in [6.45, 7) is 0. The number of aromatic amines is 1. The summed E-state index contributed by atoms with van der Waals surface area (Å²) in [6, 6.07) is 19.5. The van der Waals surface area contributed by atoms with E-state index in [0.29, 0.717) is 16.6 Å². The highest BCUT2D eigenvalue weighted by Crippen LogP contribution is 2.42. The number of H-pyrrole nitrogens is 1. The third-order valence-corrected chi connectivity index (χ3v) is 7.68. The van der Waals surface area contributed by atoms with E-state index >= 15 is 0 Å². The van der Waals surface area contributed by atoms with Crippen LogP contribution < -0.4 is 5.32 Å². The van der Waals surface area contributed by atoms with Crippen molar-refractivity contribution in [3.63, 3.8) is 0 Å². The molecule has 0 aliphatic heterocycles. The second-order valence-electron chi connectivity index (χ2n) is 8.18. The van der Waals surface area contributed by atoms with E-state index in [9.17, 15) is 4.79 Å². The molecule has 0 radical (unpaired) electrons. The standard InChI is InChI=1S/C26H20N6OS2/c33-24(28-26-32-31-25(35-26)16-8-9-16)20-6-1-2-7-23(20)34-18-11-12-19-21(29-30-22(19)15-18)13-10-17-5-3-4-14-27-17/h1-7,10-16H,8-9H2,(H,29,30)(H,28,32,33)/b13-10+. The first-order chi connectivity index (χ1) is 17.2. The minimum atomic E-state index is -0.184. The predicted octanol–water partition coefficient (Wildman–Crippen LogP) is 6.26. The van der Waals surface area contributed by atoms with E-state index in [1.807, 2.05) is 72.8 Å². The fourth-order valence-electron chi connectivity index (χ4n) is 3.66. The van der Waals surface area contributed by atoms with Crippen LogP contribution in [0.15, 0.2) is 76.7 Å². The zero-order valence-electron chi connectivity index (χ0n) is 18.5. The summed E-state index contributed by atoms with van der Waals surface area (Å²) in [5, 5.41) is 21.4. The monoisotopic (exact) mass is 496 g/mol. The molecule has 3 aromatic heterocycles. The van der Waals surface area contributed by atoms with Gasteiger partial charge in [-0.2, -0.15) is 5.10 Å². The minimum absolute atomic E-state index is 0.184. The van der Waals surface area contributed by atoms with E-state index in [0.717, 1.165) is 49.9 Å². The molecule has 1 fully saturated rings. The van der Waals surface area contributed by atoms with Crippen molar-refractivity contribution in [2.75, 3.05) is 5.32 Å². The van der Waals surface area contributed by atoms with Crippen LogP contribution in [0, 0.1) is 0 Å². The molecule has 1 aliphatic carbocycles. The van der Waals surface area contributed by atoms with E-state index < -0.39 is 0 Å². The Morgan fingerprint density at radius 3 is 2.80 bits per heavy atom. The Kier molecular flexibility index (Phi) is 5.85. The molecular formula is C26H20N6OS2. The fraction of sp³-hybridized carbons (Fsp3) is 0.115. The van der Waals surface area contributed by atoms with Gasteiger partial charge in [-0.3, -0.25) is 20.2 Å². The van der Waals surface area contributed by atoms with Crippen LogP contribution in [0.4, 0.5) is 5.13 Å². The first-order valence-electron chi connectivity index (χ1n) is 11.2. The van der Waals surface area contributed by atoms with Crippen LogP contribution >= 0.6 is 23.1 Å². The summed E-state index contributed by atoms with van der Waals surface area (Å²) >= 11 is 3.00. The molecule has 9 heteroatoms. The number of hydrogen-bond acceptors (Lipinski definition) is 7. The van der Waals surface area contributed by atoms with Crippen LogP contribution in [0.2, 0.25) is 0 Å². The first-order valence-corrected chi connectivity index (χ1v) is 12.8. The van der Waals surface area contributed by atoms with Crippen LogP contribution in [0.5, 0.6) is 0 Å². The van der Waals surface area contributed by atoms with E-state index in [4.69, 9.17) is 0 Å². The molecule has 6 rings (SSSR count). The third-order valence-electron chi connectivity index (χ3n) is 5.61. The average molecular weight is 497 g/mol. The summed E-state index contributed by atoms with van der Waals surface area (Å²) in [4.78, 5) is 19.2. The minimum Gasteiger partial charge on any atom is -0.296 e. The van der Waals surface area contributed by atoms with E-state index in [-0.39, 0.29) is 5.91 Å². The van der Waals surface area contributed by atoms with Gasteiger partial charge in [-0.15, -0.1) is 10.2 Å². The van der Waals surface area contributed by atoms with Gasteiger partial charge in [0.05, 0.1) is 22.5 Å². The number of nitrogens with zero attached hydrogens (tertiary/aromatic N) is 4. The average Bonchev–Trinajstić information content (AvgIpc) is 3.50.